The molecule has 6 nitrogen and oxygen atoms in total. The van der Waals surface area contributed by atoms with E-state index < -0.39 is 0 Å². The molecule has 1 aliphatic rings. The van der Waals surface area contributed by atoms with Crippen molar-refractivity contribution in [2.45, 2.75) is 48.9 Å². The largest absolute Gasteiger partial charge is 0.411 e. The third-order valence-electron chi connectivity index (χ3n) is 3.14. The summed E-state index contributed by atoms with van der Waals surface area (Å²) in [5.74, 6) is 0.728. The van der Waals surface area contributed by atoms with Crippen LogP contribution >= 0.6 is 11.8 Å². The van der Waals surface area contributed by atoms with Gasteiger partial charge in [-0.3, -0.25) is 0 Å². The van der Waals surface area contributed by atoms with Crippen LogP contribution in [-0.2, 0) is 0 Å². The van der Waals surface area contributed by atoms with Crippen LogP contribution in [0.2, 0.25) is 0 Å². The van der Waals surface area contributed by atoms with Crippen molar-refractivity contribution in [1.29, 1.82) is 0 Å². The van der Waals surface area contributed by atoms with Gasteiger partial charge >= 0.3 is 0 Å². The summed E-state index contributed by atoms with van der Waals surface area (Å²) in [4.78, 5) is 8.33. The number of hydrogen-bond donors (Lipinski definition) is 3. The summed E-state index contributed by atoms with van der Waals surface area (Å²) >= 11 is 1.48. The van der Waals surface area contributed by atoms with E-state index in [1.807, 2.05) is 0 Å². The predicted octanol–water partition coefficient (Wildman–Crippen LogP) is 2.29. The number of nitrogens with zero attached hydrogens (tertiary/aromatic N) is 3. The molecule has 0 radical (unpaired) electrons. The second-order valence-electron chi connectivity index (χ2n) is 4.65. The van der Waals surface area contributed by atoms with Crippen molar-refractivity contribution in [3.05, 3.63) is 6.07 Å². The highest BCUT2D eigenvalue weighted by atomic mass is 32.2. The van der Waals surface area contributed by atoms with E-state index in [9.17, 15) is 0 Å². The lowest BCUT2D eigenvalue weighted by atomic mass is 9.99. The van der Waals surface area contributed by atoms with Crippen LogP contribution in [0.5, 0.6) is 0 Å². The summed E-state index contributed by atoms with van der Waals surface area (Å²) in [7, 11) is 0. The predicted molar refractivity (Wildman–Crippen MR) is 77.4 cm³/mol. The summed E-state index contributed by atoms with van der Waals surface area (Å²) in [6.07, 6.45) is 6.38. The SMILES string of the molecule is Nc1cc(N)nc(SC2CCCCCCC2=NO)n1. The standard InChI is InChI=1S/C12H19N5OS/c13-10-7-11(14)16-12(15-10)19-9-6-4-2-1-3-5-8(9)17-18/h7,9,18H,1-6H2,(H4,13,14,15,16). The quantitative estimate of drug-likeness (QED) is 0.436. The van der Waals surface area contributed by atoms with E-state index in [4.69, 9.17) is 16.7 Å². The number of anilines is 2. The van der Waals surface area contributed by atoms with Gasteiger partial charge in [-0.2, -0.15) is 0 Å². The maximum absolute atomic E-state index is 9.15. The van der Waals surface area contributed by atoms with E-state index in [1.165, 1.54) is 30.7 Å². The lowest BCUT2D eigenvalue weighted by molar-refractivity contribution is 0.315. The van der Waals surface area contributed by atoms with Crippen molar-refractivity contribution in [3.63, 3.8) is 0 Å². The second kappa shape index (κ2) is 6.60. The number of nitrogens with two attached hydrogens (primary N) is 2. The zero-order chi connectivity index (χ0) is 13.7. The van der Waals surface area contributed by atoms with E-state index in [0.29, 0.717) is 16.8 Å². The molecule has 0 spiro atoms. The third-order valence-corrected chi connectivity index (χ3v) is 4.33. The van der Waals surface area contributed by atoms with Gasteiger partial charge in [-0.15, -0.1) is 0 Å². The molecule has 1 heterocycles. The van der Waals surface area contributed by atoms with Crippen LogP contribution in [0.25, 0.3) is 0 Å². The lowest BCUT2D eigenvalue weighted by Crippen LogP contribution is -2.20. The number of rotatable bonds is 2. The fourth-order valence-electron chi connectivity index (χ4n) is 2.20. The molecule has 1 aliphatic carbocycles. The molecule has 1 unspecified atom stereocenters. The fourth-order valence-corrected chi connectivity index (χ4v) is 3.36. The Labute approximate surface area is 116 Å². The zero-order valence-corrected chi connectivity index (χ0v) is 11.6. The Morgan fingerprint density at radius 2 is 1.84 bits per heavy atom. The Morgan fingerprint density at radius 3 is 2.53 bits per heavy atom. The van der Waals surface area contributed by atoms with Crippen LogP contribution in [0.15, 0.2) is 16.4 Å². The van der Waals surface area contributed by atoms with Crippen LogP contribution in [-0.4, -0.2) is 26.1 Å². The maximum atomic E-state index is 9.15. The van der Waals surface area contributed by atoms with Crippen molar-refractivity contribution >= 4 is 29.1 Å². The Kier molecular flexibility index (Phi) is 4.84. The summed E-state index contributed by atoms with van der Waals surface area (Å²) in [5, 5.41) is 13.2. The molecule has 7 heteroatoms. The average molecular weight is 281 g/mol. The van der Waals surface area contributed by atoms with Crippen molar-refractivity contribution in [3.8, 4) is 0 Å². The highest BCUT2D eigenvalue weighted by molar-refractivity contribution is 8.00. The van der Waals surface area contributed by atoms with Crippen LogP contribution in [0, 0.1) is 0 Å². The molecule has 1 fully saturated rings. The topological polar surface area (TPSA) is 110 Å². The Morgan fingerprint density at radius 1 is 1.16 bits per heavy atom. The van der Waals surface area contributed by atoms with Crippen molar-refractivity contribution in [2.75, 3.05) is 11.5 Å². The van der Waals surface area contributed by atoms with Crippen LogP contribution in [0.4, 0.5) is 11.6 Å². The normalized spacial score (nSPS) is 22.9. The number of hydrogen-bond acceptors (Lipinski definition) is 7. The maximum Gasteiger partial charge on any atom is 0.192 e. The molecule has 1 atom stereocenters. The minimum Gasteiger partial charge on any atom is -0.411 e. The van der Waals surface area contributed by atoms with Crippen molar-refractivity contribution in [1.82, 2.24) is 9.97 Å². The van der Waals surface area contributed by atoms with E-state index in [-0.39, 0.29) is 5.25 Å². The molecule has 2 rings (SSSR count). The molecule has 1 aromatic rings. The molecular formula is C12H19N5OS. The molecular weight excluding hydrogens is 262 g/mol. The molecule has 104 valence electrons. The van der Waals surface area contributed by atoms with Gasteiger partial charge in [0.25, 0.3) is 0 Å². The third kappa shape index (κ3) is 3.99. The average Bonchev–Trinajstić information content (AvgIpc) is 2.32. The molecule has 19 heavy (non-hydrogen) atoms. The smallest absolute Gasteiger partial charge is 0.192 e. The molecule has 0 bridgehead atoms. The van der Waals surface area contributed by atoms with Gasteiger partial charge in [0.05, 0.1) is 11.0 Å². The number of thioether (sulfide) groups is 1. The van der Waals surface area contributed by atoms with E-state index in [0.717, 1.165) is 31.4 Å². The van der Waals surface area contributed by atoms with Gasteiger partial charge in [0.15, 0.2) is 5.16 Å². The summed E-state index contributed by atoms with van der Waals surface area (Å²) in [5.41, 5.74) is 12.1. The molecule has 1 aromatic heterocycles. The van der Waals surface area contributed by atoms with E-state index in [1.54, 1.807) is 0 Å². The Hall–Kier alpha value is -1.50. The monoisotopic (exact) mass is 281 g/mol. The van der Waals surface area contributed by atoms with Crippen molar-refractivity contribution in [2.24, 2.45) is 5.16 Å². The first-order valence-corrected chi connectivity index (χ1v) is 7.34. The van der Waals surface area contributed by atoms with Gasteiger partial charge in [0, 0.05) is 6.07 Å². The van der Waals surface area contributed by atoms with Crippen LogP contribution in [0.1, 0.15) is 38.5 Å². The second-order valence-corrected chi connectivity index (χ2v) is 5.82. The zero-order valence-electron chi connectivity index (χ0n) is 10.7. The van der Waals surface area contributed by atoms with Crippen LogP contribution in [0.3, 0.4) is 0 Å². The lowest BCUT2D eigenvalue weighted by Gasteiger charge is -2.19. The minimum absolute atomic E-state index is 0.103. The molecule has 5 N–H and O–H groups in total. The number of aromatic nitrogens is 2. The van der Waals surface area contributed by atoms with Crippen molar-refractivity contribution < 1.29 is 5.21 Å². The molecule has 0 amide bonds. The Bertz CT molecular complexity index is 445. The molecule has 0 aliphatic heterocycles. The van der Waals surface area contributed by atoms with Gasteiger partial charge in [-0.1, -0.05) is 36.2 Å². The summed E-state index contributed by atoms with van der Waals surface area (Å²) < 4.78 is 0. The van der Waals surface area contributed by atoms with Crippen LogP contribution < -0.4 is 11.5 Å². The Balaban J connectivity index is 2.13. The molecule has 1 saturated carbocycles. The van der Waals surface area contributed by atoms with E-state index >= 15 is 0 Å². The fraction of sp³-hybridized carbons (Fsp3) is 0.583. The molecule has 0 saturated heterocycles. The molecule has 0 aromatic carbocycles. The first-order chi connectivity index (χ1) is 9.19. The van der Waals surface area contributed by atoms with Gasteiger partial charge in [-0.25, -0.2) is 9.97 Å². The van der Waals surface area contributed by atoms with Gasteiger partial charge in [0.1, 0.15) is 11.6 Å². The number of nitrogen functional groups attached to an aromatic ring is 2. The van der Waals surface area contributed by atoms with E-state index in [2.05, 4.69) is 15.1 Å². The highest BCUT2D eigenvalue weighted by Crippen LogP contribution is 2.29. The minimum atomic E-state index is 0.103. The highest BCUT2D eigenvalue weighted by Gasteiger charge is 2.21. The van der Waals surface area contributed by atoms with Gasteiger partial charge in [-0.05, 0) is 19.3 Å². The summed E-state index contributed by atoms with van der Waals surface area (Å²) in [6.45, 7) is 0. The first kappa shape index (κ1) is 13.9. The summed E-state index contributed by atoms with van der Waals surface area (Å²) in [6, 6.07) is 1.53. The van der Waals surface area contributed by atoms with Gasteiger partial charge in [0.2, 0.25) is 0 Å². The van der Waals surface area contributed by atoms with Gasteiger partial charge < -0.3 is 16.7 Å². The number of oxime groups is 1. The first-order valence-electron chi connectivity index (χ1n) is 6.46.